The van der Waals surface area contributed by atoms with Gasteiger partial charge in [-0.3, -0.25) is 20.4 Å². The van der Waals surface area contributed by atoms with Crippen molar-refractivity contribution in [2.45, 2.75) is 6.42 Å². The Hall–Kier alpha value is -2.03. The number of carbonyl (C=O) groups excluding carboxylic acids is 2. The number of amides is 2. The molecule has 0 bridgehead atoms. The third kappa shape index (κ3) is 3.75. The number of nitrogens with one attached hydrogen (secondary N) is 2. The first-order chi connectivity index (χ1) is 9.78. The van der Waals surface area contributed by atoms with Crippen molar-refractivity contribution in [1.82, 2.24) is 10.9 Å². The van der Waals surface area contributed by atoms with Crippen LogP contribution in [0, 0.1) is 17.6 Å². The lowest BCUT2D eigenvalue weighted by atomic mass is 10.1. The van der Waals surface area contributed by atoms with E-state index >= 15 is 0 Å². The second-order valence-electron chi connectivity index (χ2n) is 4.67. The molecule has 2 rings (SSSR count). The summed E-state index contributed by atoms with van der Waals surface area (Å²) in [5.41, 5.74) is 3.57. The highest BCUT2D eigenvalue weighted by atomic mass is 32.2. The molecule has 0 aromatic heterocycles. The van der Waals surface area contributed by atoms with Crippen molar-refractivity contribution in [3.63, 3.8) is 0 Å². The van der Waals surface area contributed by atoms with Gasteiger partial charge in [0.15, 0.2) is 9.84 Å². The highest BCUT2D eigenvalue weighted by Gasteiger charge is 2.33. The maximum Gasteiger partial charge on any atom is 0.272 e. The van der Waals surface area contributed by atoms with Crippen molar-refractivity contribution in [3.8, 4) is 0 Å². The maximum atomic E-state index is 13.3. The molecule has 2 N–H and O–H groups in total. The van der Waals surface area contributed by atoms with E-state index in [1.54, 1.807) is 0 Å². The average molecular weight is 318 g/mol. The van der Waals surface area contributed by atoms with Crippen LogP contribution < -0.4 is 10.9 Å². The summed E-state index contributed by atoms with van der Waals surface area (Å²) >= 11 is 0. The van der Waals surface area contributed by atoms with Crippen molar-refractivity contribution in [2.75, 3.05) is 11.5 Å². The Kier molecular flexibility index (Phi) is 4.21. The topological polar surface area (TPSA) is 92.3 Å². The number of benzene rings is 1. The van der Waals surface area contributed by atoms with Gasteiger partial charge in [0.05, 0.1) is 23.0 Å². The van der Waals surface area contributed by atoms with Gasteiger partial charge in [0, 0.05) is 6.07 Å². The molecule has 0 aliphatic carbocycles. The van der Waals surface area contributed by atoms with E-state index in [0.717, 1.165) is 12.1 Å². The predicted molar refractivity (Wildman–Crippen MR) is 68.7 cm³/mol. The summed E-state index contributed by atoms with van der Waals surface area (Å²) in [6.45, 7) is 0. The van der Waals surface area contributed by atoms with Gasteiger partial charge in [-0.1, -0.05) is 0 Å². The van der Waals surface area contributed by atoms with E-state index in [-0.39, 0.29) is 17.9 Å². The molecule has 1 aromatic carbocycles. The van der Waals surface area contributed by atoms with Crippen LogP contribution in [0.25, 0.3) is 0 Å². The van der Waals surface area contributed by atoms with Crippen molar-refractivity contribution in [1.29, 1.82) is 0 Å². The molecule has 1 aliphatic rings. The second-order valence-corrected chi connectivity index (χ2v) is 6.90. The molecule has 9 heteroatoms. The van der Waals surface area contributed by atoms with Crippen molar-refractivity contribution in [2.24, 2.45) is 5.92 Å². The van der Waals surface area contributed by atoms with E-state index in [2.05, 4.69) is 0 Å². The quantitative estimate of drug-likeness (QED) is 0.760. The highest BCUT2D eigenvalue weighted by molar-refractivity contribution is 7.91. The molecular formula is C12H12F2N2O4S. The van der Waals surface area contributed by atoms with Gasteiger partial charge in [0.1, 0.15) is 11.6 Å². The van der Waals surface area contributed by atoms with Crippen LogP contribution in [0.15, 0.2) is 18.2 Å². The molecule has 2 amide bonds. The summed E-state index contributed by atoms with van der Waals surface area (Å²) in [7, 11) is -3.22. The standard InChI is InChI=1S/C12H12F2N2O4S/c13-8-1-2-9(10(14)5-8)12(18)16-15-11(17)7-3-4-21(19,20)6-7/h1-2,5,7H,3-4,6H2,(H,15,17)(H,16,18)/t7-/m1/s1. The molecule has 1 atom stereocenters. The number of hydrogen-bond donors (Lipinski definition) is 2. The SMILES string of the molecule is O=C(NNC(=O)[C@@H]1CCS(=O)(=O)C1)c1ccc(F)cc1F. The number of hydrazine groups is 1. The molecule has 0 unspecified atom stereocenters. The molecule has 6 nitrogen and oxygen atoms in total. The molecule has 21 heavy (non-hydrogen) atoms. The van der Waals surface area contributed by atoms with Gasteiger partial charge in [0.2, 0.25) is 5.91 Å². The molecule has 1 saturated heterocycles. The third-order valence-electron chi connectivity index (χ3n) is 3.08. The molecule has 1 aliphatic heterocycles. The number of carbonyl (C=O) groups is 2. The largest absolute Gasteiger partial charge is 0.273 e. The first-order valence-corrected chi connectivity index (χ1v) is 7.86. The zero-order chi connectivity index (χ0) is 15.6. The van der Waals surface area contributed by atoms with Crippen LogP contribution in [0.5, 0.6) is 0 Å². The smallest absolute Gasteiger partial charge is 0.272 e. The lowest BCUT2D eigenvalue weighted by molar-refractivity contribution is -0.125. The Morgan fingerprint density at radius 2 is 1.90 bits per heavy atom. The first kappa shape index (κ1) is 15.4. The third-order valence-corrected chi connectivity index (χ3v) is 4.85. The number of hydrogen-bond acceptors (Lipinski definition) is 4. The van der Waals surface area contributed by atoms with Crippen LogP contribution in [0.4, 0.5) is 8.78 Å². The van der Waals surface area contributed by atoms with Gasteiger partial charge in [-0.25, -0.2) is 17.2 Å². The van der Waals surface area contributed by atoms with Crippen LogP contribution in [0.3, 0.4) is 0 Å². The summed E-state index contributed by atoms with van der Waals surface area (Å²) < 4.78 is 48.5. The average Bonchev–Trinajstić information content (AvgIpc) is 2.76. The minimum Gasteiger partial charge on any atom is -0.273 e. The molecule has 0 radical (unpaired) electrons. The van der Waals surface area contributed by atoms with Gasteiger partial charge in [0.25, 0.3) is 5.91 Å². The van der Waals surface area contributed by atoms with E-state index in [0.29, 0.717) is 6.07 Å². The van der Waals surface area contributed by atoms with Crippen molar-refractivity contribution >= 4 is 21.7 Å². The van der Waals surface area contributed by atoms with E-state index < -0.39 is 44.8 Å². The van der Waals surface area contributed by atoms with Crippen molar-refractivity contribution in [3.05, 3.63) is 35.4 Å². The van der Waals surface area contributed by atoms with Gasteiger partial charge < -0.3 is 0 Å². The maximum absolute atomic E-state index is 13.3. The predicted octanol–water partition coefficient (Wildman–Crippen LogP) is 0.161. The summed E-state index contributed by atoms with van der Waals surface area (Å²) in [6.07, 6.45) is 0.176. The molecule has 1 heterocycles. The van der Waals surface area contributed by atoms with E-state index in [1.807, 2.05) is 10.9 Å². The van der Waals surface area contributed by atoms with Gasteiger partial charge in [-0.05, 0) is 18.6 Å². The normalized spacial score (nSPS) is 20.0. The van der Waals surface area contributed by atoms with Crippen LogP contribution in [0.1, 0.15) is 16.8 Å². The van der Waals surface area contributed by atoms with Crippen molar-refractivity contribution < 1.29 is 26.8 Å². The van der Waals surface area contributed by atoms with Crippen LogP contribution in [0.2, 0.25) is 0 Å². The van der Waals surface area contributed by atoms with Crippen LogP contribution in [-0.2, 0) is 14.6 Å². The number of sulfone groups is 1. The lowest BCUT2D eigenvalue weighted by Gasteiger charge is -2.11. The van der Waals surface area contributed by atoms with Gasteiger partial charge in [-0.2, -0.15) is 0 Å². The Balaban J connectivity index is 1.94. The Labute approximate surface area is 119 Å². The molecular weight excluding hydrogens is 306 g/mol. The van der Waals surface area contributed by atoms with E-state index in [9.17, 15) is 26.8 Å². The fraction of sp³-hybridized carbons (Fsp3) is 0.333. The second kappa shape index (κ2) is 5.76. The zero-order valence-electron chi connectivity index (χ0n) is 10.7. The van der Waals surface area contributed by atoms with E-state index in [1.165, 1.54) is 0 Å². The minimum atomic E-state index is -3.22. The Morgan fingerprint density at radius 3 is 2.48 bits per heavy atom. The zero-order valence-corrected chi connectivity index (χ0v) is 11.5. The summed E-state index contributed by atoms with van der Waals surface area (Å²) in [6, 6.07) is 2.38. The summed E-state index contributed by atoms with van der Waals surface area (Å²) in [4.78, 5) is 23.3. The number of halogens is 2. The molecule has 1 aromatic rings. The minimum absolute atomic E-state index is 0.0778. The van der Waals surface area contributed by atoms with Crippen LogP contribution >= 0.6 is 0 Å². The fourth-order valence-corrected chi connectivity index (χ4v) is 3.70. The Bertz CT molecular complexity index is 690. The first-order valence-electron chi connectivity index (χ1n) is 6.04. The highest BCUT2D eigenvalue weighted by Crippen LogP contribution is 2.18. The van der Waals surface area contributed by atoms with Crippen LogP contribution in [-0.4, -0.2) is 31.7 Å². The summed E-state index contributed by atoms with van der Waals surface area (Å²) in [5, 5.41) is 0. The molecule has 0 spiro atoms. The summed E-state index contributed by atoms with van der Waals surface area (Å²) in [5.74, 6) is -4.61. The van der Waals surface area contributed by atoms with E-state index in [4.69, 9.17) is 0 Å². The van der Waals surface area contributed by atoms with Gasteiger partial charge >= 0.3 is 0 Å². The molecule has 114 valence electrons. The molecule has 0 saturated carbocycles. The number of rotatable bonds is 2. The van der Waals surface area contributed by atoms with Gasteiger partial charge in [-0.15, -0.1) is 0 Å². The molecule has 1 fully saturated rings. The monoisotopic (exact) mass is 318 g/mol. The Morgan fingerprint density at radius 1 is 1.19 bits per heavy atom. The lowest BCUT2D eigenvalue weighted by Crippen LogP contribution is -2.45. The fourth-order valence-electron chi connectivity index (χ4n) is 1.96.